The highest BCUT2D eigenvalue weighted by Crippen LogP contribution is 2.21. The maximum absolute atomic E-state index is 12.7. The first kappa shape index (κ1) is 17.8. The average molecular weight is 384 g/mol. The van der Waals surface area contributed by atoms with Gasteiger partial charge in [0.1, 0.15) is 6.54 Å². The first-order valence-corrected chi connectivity index (χ1v) is 9.51. The highest BCUT2D eigenvalue weighted by atomic mass is 35.5. The number of carbonyl (C=O) groups excluding carboxylic acids is 1. The SMILES string of the molecule is CN(c1ncc(Cl)cn1)C1CCN(C(=O)Cn2ccc3ccccc32)CC1. The van der Waals surface area contributed by atoms with Gasteiger partial charge >= 0.3 is 0 Å². The third kappa shape index (κ3) is 3.76. The minimum Gasteiger partial charge on any atom is -0.341 e. The van der Waals surface area contributed by atoms with E-state index in [1.165, 1.54) is 0 Å². The number of likely N-dealkylation sites (tertiary alicyclic amines) is 1. The van der Waals surface area contributed by atoms with E-state index in [0.717, 1.165) is 36.8 Å². The van der Waals surface area contributed by atoms with E-state index in [9.17, 15) is 4.79 Å². The molecule has 3 heterocycles. The third-order valence-electron chi connectivity index (χ3n) is 5.27. The molecule has 0 aliphatic carbocycles. The Morgan fingerprint density at radius 1 is 1.19 bits per heavy atom. The fourth-order valence-corrected chi connectivity index (χ4v) is 3.78. The molecular formula is C20H22ClN5O. The van der Waals surface area contributed by atoms with Gasteiger partial charge in [0.05, 0.1) is 17.4 Å². The number of amides is 1. The van der Waals surface area contributed by atoms with E-state index in [1.807, 2.05) is 34.8 Å². The molecule has 1 aromatic carbocycles. The minimum atomic E-state index is 0.167. The van der Waals surface area contributed by atoms with Crippen molar-refractivity contribution in [3.63, 3.8) is 0 Å². The molecule has 0 N–H and O–H groups in total. The van der Waals surface area contributed by atoms with Gasteiger partial charge in [-0.1, -0.05) is 29.8 Å². The molecule has 7 heteroatoms. The second kappa shape index (κ2) is 7.56. The van der Waals surface area contributed by atoms with Crippen molar-refractivity contribution in [1.82, 2.24) is 19.4 Å². The summed E-state index contributed by atoms with van der Waals surface area (Å²) >= 11 is 5.86. The third-order valence-corrected chi connectivity index (χ3v) is 5.47. The van der Waals surface area contributed by atoms with Crippen molar-refractivity contribution in [2.24, 2.45) is 0 Å². The largest absolute Gasteiger partial charge is 0.341 e. The van der Waals surface area contributed by atoms with Crippen LogP contribution in [0.15, 0.2) is 48.9 Å². The average Bonchev–Trinajstić information content (AvgIpc) is 3.11. The maximum atomic E-state index is 12.7. The number of halogens is 1. The van der Waals surface area contributed by atoms with Crippen molar-refractivity contribution in [3.8, 4) is 0 Å². The van der Waals surface area contributed by atoms with Crippen LogP contribution in [-0.4, -0.2) is 51.5 Å². The molecule has 6 nitrogen and oxygen atoms in total. The van der Waals surface area contributed by atoms with Crippen LogP contribution in [0.4, 0.5) is 5.95 Å². The van der Waals surface area contributed by atoms with Crippen molar-refractivity contribution < 1.29 is 4.79 Å². The summed E-state index contributed by atoms with van der Waals surface area (Å²) in [6.07, 6.45) is 7.02. The highest BCUT2D eigenvalue weighted by molar-refractivity contribution is 6.30. The van der Waals surface area contributed by atoms with Crippen molar-refractivity contribution in [2.45, 2.75) is 25.4 Å². The van der Waals surface area contributed by atoms with Gasteiger partial charge in [0.2, 0.25) is 11.9 Å². The summed E-state index contributed by atoms with van der Waals surface area (Å²) in [6, 6.07) is 10.5. The van der Waals surface area contributed by atoms with Gasteiger partial charge in [-0.15, -0.1) is 0 Å². The zero-order valence-corrected chi connectivity index (χ0v) is 16.0. The molecule has 0 bridgehead atoms. The summed E-state index contributed by atoms with van der Waals surface area (Å²) in [6.45, 7) is 1.88. The molecule has 3 aromatic rings. The lowest BCUT2D eigenvalue weighted by molar-refractivity contribution is -0.132. The molecule has 1 aliphatic rings. The summed E-state index contributed by atoms with van der Waals surface area (Å²) in [5.74, 6) is 0.836. The first-order valence-electron chi connectivity index (χ1n) is 9.14. The van der Waals surface area contributed by atoms with Crippen molar-refractivity contribution in [1.29, 1.82) is 0 Å². The Morgan fingerprint density at radius 3 is 2.63 bits per heavy atom. The first-order chi connectivity index (χ1) is 13.1. The molecule has 0 radical (unpaired) electrons. The van der Waals surface area contributed by atoms with Gasteiger partial charge in [-0.25, -0.2) is 9.97 Å². The van der Waals surface area contributed by atoms with E-state index in [2.05, 4.69) is 33.1 Å². The molecule has 4 rings (SSSR count). The minimum absolute atomic E-state index is 0.167. The quantitative estimate of drug-likeness (QED) is 0.694. The van der Waals surface area contributed by atoms with Gasteiger partial charge in [-0.3, -0.25) is 4.79 Å². The van der Waals surface area contributed by atoms with E-state index in [0.29, 0.717) is 23.6 Å². The molecule has 1 amide bonds. The summed E-state index contributed by atoms with van der Waals surface area (Å²) in [4.78, 5) is 25.4. The molecule has 27 heavy (non-hydrogen) atoms. The van der Waals surface area contributed by atoms with Gasteiger partial charge in [0.15, 0.2) is 0 Å². The molecule has 0 spiro atoms. The van der Waals surface area contributed by atoms with Crippen molar-refractivity contribution in [3.05, 3.63) is 53.9 Å². The van der Waals surface area contributed by atoms with Gasteiger partial charge in [-0.2, -0.15) is 0 Å². The molecule has 2 aromatic heterocycles. The Balaban J connectivity index is 1.36. The molecule has 0 saturated carbocycles. The topological polar surface area (TPSA) is 54.3 Å². The Morgan fingerprint density at radius 2 is 1.89 bits per heavy atom. The standard InChI is InChI=1S/C20H22ClN5O/c1-24(20-22-12-16(21)13-23-20)17-7-10-25(11-8-17)19(27)14-26-9-6-15-4-2-3-5-18(15)26/h2-6,9,12-13,17H,7-8,10-11,14H2,1H3. The Kier molecular flexibility index (Phi) is 4.99. The van der Waals surface area contributed by atoms with Crippen LogP contribution in [0.5, 0.6) is 0 Å². The van der Waals surface area contributed by atoms with Crippen LogP contribution < -0.4 is 4.90 Å². The maximum Gasteiger partial charge on any atom is 0.242 e. The van der Waals surface area contributed by atoms with Crippen LogP contribution in [0, 0.1) is 0 Å². The fraction of sp³-hybridized carbons (Fsp3) is 0.350. The number of anilines is 1. The molecule has 1 aliphatic heterocycles. The van der Waals surface area contributed by atoms with Crippen LogP contribution in [0.1, 0.15) is 12.8 Å². The highest BCUT2D eigenvalue weighted by Gasteiger charge is 2.26. The van der Waals surface area contributed by atoms with Gasteiger partial charge < -0.3 is 14.4 Å². The normalized spacial score (nSPS) is 15.3. The number of aromatic nitrogens is 3. The molecule has 1 saturated heterocycles. The van der Waals surface area contributed by atoms with Gasteiger partial charge in [0, 0.05) is 37.9 Å². The lowest BCUT2D eigenvalue weighted by atomic mass is 10.0. The fourth-order valence-electron chi connectivity index (χ4n) is 3.68. The number of para-hydroxylation sites is 1. The van der Waals surface area contributed by atoms with E-state index >= 15 is 0 Å². The van der Waals surface area contributed by atoms with Crippen LogP contribution >= 0.6 is 11.6 Å². The summed E-state index contributed by atoms with van der Waals surface area (Å²) < 4.78 is 2.03. The molecule has 140 valence electrons. The van der Waals surface area contributed by atoms with E-state index in [-0.39, 0.29) is 5.91 Å². The summed E-state index contributed by atoms with van der Waals surface area (Å²) in [5, 5.41) is 1.69. The van der Waals surface area contributed by atoms with E-state index < -0.39 is 0 Å². The van der Waals surface area contributed by atoms with Crippen LogP contribution in [-0.2, 0) is 11.3 Å². The van der Waals surface area contributed by atoms with Crippen LogP contribution in [0.25, 0.3) is 10.9 Å². The zero-order valence-electron chi connectivity index (χ0n) is 15.3. The van der Waals surface area contributed by atoms with E-state index in [4.69, 9.17) is 11.6 Å². The lowest BCUT2D eigenvalue weighted by Gasteiger charge is -2.36. The Hall–Kier alpha value is -2.60. The molecule has 0 atom stereocenters. The van der Waals surface area contributed by atoms with Gasteiger partial charge in [-0.05, 0) is 30.4 Å². The summed E-state index contributed by atoms with van der Waals surface area (Å²) in [7, 11) is 2.00. The lowest BCUT2D eigenvalue weighted by Crippen LogP contribution is -2.46. The molecule has 1 fully saturated rings. The van der Waals surface area contributed by atoms with Gasteiger partial charge in [0.25, 0.3) is 0 Å². The second-order valence-electron chi connectivity index (χ2n) is 6.93. The zero-order chi connectivity index (χ0) is 18.8. The van der Waals surface area contributed by atoms with E-state index in [1.54, 1.807) is 12.4 Å². The molecule has 0 unspecified atom stereocenters. The number of piperidine rings is 1. The number of benzene rings is 1. The molecular weight excluding hydrogens is 362 g/mol. The number of rotatable bonds is 4. The monoisotopic (exact) mass is 383 g/mol. The van der Waals surface area contributed by atoms with Crippen LogP contribution in [0.2, 0.25) is 5.02 Å². The van der Waals surface area contributed by atoms with Crippen molar-refractivity contribution >= 4 is 34.4 Å². The number of hydrogen-bond acceptors (Lipinski definition) is 4. The smallest absolute Gasteiger partial charge is 0.242 e. The summed E-state index contributed by atoms with van der Waals surface area (Å²) in [5.41, 5.74) is 1.10. The number of carbonyl (C=O) groups is 1. The predicted octanol–water partition coefficient (Wildman–Crippen LogP) is 3.21. The predicted molar refractivity (Wildman–Crippen MR) is 107 cm³/mol. The second-order valence-corrected chi connectivity index (χ2v) is 7.36. The Labute approximate surface area is 163 Å². The van der Waals surface area contributed by atoms with Crippen LogP contribution in [0.3, 0.4) is 0 Å². The number of nitrogens with zero attached hydrogens (tertiary/aromatic N) is 5. The van der Waals surface area contributed by atoms with Crippen molar-refractivity contribution in [2.75, 3.05) is 25.0 Å². The number of fused-ring (bicyclic) bond motifs is 1. The Bertz CT molecular complexity index is 931. The number of hydrogen-bond donors (Lipinski definition) is 0.